The van der Waals surface area contributed by atoms with Crippen molar-refractivity contribution in [2.45, 2.75) is 32.2 Å². The molecule has 2 aliphatic rings. The number of anilines is 1. The monoisotopic (exact) mass is 452 g/mol. The Balaban J connectivity index is 1.23. The Morgan fingerprint density at radius 2 is 1.97 bits per heavy atom. The molecule has 0 unspecified atom stereocenters. The number of benzene rings is 1. The summed E-state index contributed by atoms with van der Waals surface area (Å²) in [5.74, 6) is -1.08. The normalized spacial score (nSPS) is 18.2. The predicted octanol–water partition coefficient (Wildman–Crippen LogP) is 3.33. The highest BCUT2D eigenvalue weighted by Gasteiger charge is 2.25. The van der Waals surface area contributed by atoms with Crippen LogP contribution in [0.4, 0.5) is 14.5 Å². The van der Waals surface area contributed by atoms with Gasteiger partial charge < -0.3 is 4.90 Å². The summed E-state index contributed by atoms with van der Waals surface area (Å²) in [6.45, 7) is 2.59. The summed E-state index contributed by atoms with van der Waals surface area (Å²) < 4.78 is 29.3. The zero-order valence-electron chi connectivity index (χ0n) is 18.2. The number of hydrogen-bond donors (Lipinski definition) is 2. The maximum absolute atomic E-state index is 14.0. The summed E-state index contributed by atoms with van der Waals surface area (Å²) in [5, 5.41) is 15.1. The summed E-state index contributed by atoms with van der Waals surface area (Å²) in [6, 6.07) is 8.54. The molecule has 2 saturated heterocycles. The summed E-state index contributed by atoms with van der Waals surface area (Å²) in [7, 11) is 0. The van der Waals surface area contributed by atoms with Crippen LogP contribution in [0.3, 0.4) is 0 Å². The van der Waals surface area contributed by atoms with Crippen LogP contribution in [0.5, 0.6) is 0 Å². The molecule has 3 aromatic rings. The Morgan fingerprint density at radius 3 is 2.76 bits per heavy atom. The smallest absolute Gasteiger partial charge is 0.228 e. The van der Waals surface area contributed by atoms with Crippen molar-refractivity contribution < 1.29 is 13.6 Å². The van der Waals surface area contributed by atoms with Crippen LogP contribution in [0.25, 0.3) is 5.52 Å². The Kier molecular flexibility index (Phi) is 5.80. The van der Waals surface area contributed by atoms with Crippen molar-refractivity contribution >= 4 is 23.1 Å². The van der Waals surface area contributed by atoms with Crippen LogP contribution in [-0.2, 0) is 17.8 Å². The van der Waals surface area contributed by atoms with Gasteiger partial charge in [-0.25, -0.2) is 13.3 Å². The Morgan fingerprint density at radius 1 is 1.15 bits per heavy atom. The van der Waals surface area contributed by atoms with E-state index in [2.05, 4.69) is 27.4 Å². The van der Waals surface area contributed by atoms with Gasteiger partial charge in [0.25, 0.3) is 0 Å². The highest BCUT2D eigenvalue weighted by atomic mass is 19.2. The predicted molar refractivity (Wildman–Crippen MR) is 121 cm³/mol. The molecule has 172 valence electrons. The minimum atomic E-state index is -0.793. The second-order valence-electron chi connectivity index (χ2n) is 8.83. The van der Waals surface area contributed by atoms with E-state index < -0.39 is 11.6 Å². The quantitative estimate of drug-likeness (QED) is 0.623. The number of carbonyl (C=O) groups is 1. The van der Waals surface area contributed by atoms with Gasteiger partial charge in [-0.2, -0.15) is 5.10 Å². The number of piperidine rings is 1. The van der Waals surface area contributed by atoms with Crippen LogP contribution in [0.15, 0.2) is 42.7 Å². The molecule has 33 heavy (non-hydrogen) atoms. The van der Waals surface area contributed by atoms with E-state index in [1.807, 2.05) is 6.20 Å². The Labute approximate surface area is 190 Å². The molecule has 0 aliphatic carbocycles. The Bertz CT molecular complexity index is 1200. The van der Waals surface area contributed by atoms with Gasteiger partial charge in [0, 0.05) is 31.3 Å². The van der Waals surface area contributed by atoms with Gasteiger partial charge in [-0.1, -0.05) is 12.1 Å². The van der Waals surface area contributed by atoms with Crippen LogP contribution in [-0.4, -0.2) is 46.0 Å². The fraction of sp³-hybridized carbons (Fsp3) is 0.375. The molecule has 2 N–H and O–H groups in total. The van der Waals surface area contributed by atoms with Crippen molar-refractivity contribution in [2.75, 3.05) is 24.5 Å². The van der Waals surface area contributed by atoms with Crippen molar-refractivity contribution in [3.05, 3.63) is 65.5 Å². The third-order valence-electron chi connectivity index (χ3n) is 6.60. The largest absolute Gasteiger partial charge is 0.309 e. The van der Waals surface area contributed by atoms with Gasteiger partial charge in [0.1, 0.15) is 0 Å². The van der Waals surface area contributed by atoms with Gasteiger partial charge >= 0.3 is 0 Å². The third-order valence-corrected chi connectivity index (χ3v) is 6.60. The molecule has 0 radical (unpaired) electrons. The number of nitrogens with zero attached hydrogens (tertiary/aromatic N) is 4. The number of rotatable bonds is 5. The van der Waals surface area contributed by atoms with E-state index in [-0.39, 0.29) is 11.9 Å². The van der Waals surface area contributed by atoms with Crippen molar-refractivity contribution in [3.8, 4) is 0 Å². The molecule has 0 saturated carbocycles. The fourth-order valence-corrected chi connectivity index (χ4v) is 4.77. The first kappa shape index (κ1) is 21.5. The van der Waals surface area contributed by atoms with E-state index in [1.165, 1.54) is 5.56 Å². The number of hydrogen-bond acceptors (Lipinski definition) is 4. The van der Waals surface area contributed by atoms with Gasteiger partial charge in [0.2, 0.25) is 11.9 Å². The van der Waals surface area contributed by atoms with Gasteiger partial charge in [0.05, 0.1) is 17.4 Å². The van der Waals surface area contributed by atoms with Crippen LogP contribution < -0.4 is 10.2 Å². The number of guanidine groups is 1. The molecule has 0 bridgehead atoms. The number of likely N-dealkylation sites (tertiary alicyclic amines) is 1. The second kappa shape index (κ2) is 8.90. The highest BCUT2D eigenvalue weighted by Crippen LogP contribution is 2.27. The number of halogens is 2. The minimum absolute atomic E-state index is 0.0775. The van der Waals surface area contributed by atoms with Crippen molar-refractivity contribution in [1.29, 1.82) is 5.41 Å². The van der Waals surface area contributed by atoms with Crippen molar-refractivity contribution in [1.82, 2.24) is 19.8 Å². The van der Waals surface area contributed by atoms with E-state index in [4.69, 9.17) is 5.41 Å². The number of nitrogens with one attached hydrogen (secondary N) is 2. The standard InChI is InChI=1S/C24H26F2N6O/c25-19-3-1-2-18(23(19)26)15-30-8-4-16(5-9-30)12-17-6-11-32-20(13-17)21(14-28-32)31-10-7-22(33)29-24(31)27/h1-3,6,11,13-14,16H,4-5,7-10,12,15H2,(H2,27,29,33). The second-order valence-corrected chi connectivity index (χ2v) is 8.83. The lowest BCUT2D eigenvalue weighted by Gasteiger charge is -2.32. The summed E-state index contributed by atoms with van der Waals surface area (Å²) in [5.41, 5.74) is 3.33. The molecule has 0 atom stereocenters. The van der Waals surface area contributed by atoms with Crippen LogP contribution in [0.1, 0.15) is 30.4 Å². The molecule has 2 aliphatic heterocycles. The van der Waals surface area contributed by atoms with E-state index >= 15 is 0 Å². The number of amides is 1. The first-order chi connectivity index (χ1) is 16.0. The van der Waals surface area contributed by atoms with Crippen molar-refractivity contribution in [2.24, 2.45) is 5.92 Å². The summed E-state index contributed by atoms with van der Waals surface area (Å²) >= 11 is 0. The van der Waals surface area contributed by atoms with E-state index in [1.54, 1.807) is 27.7 Å². The summed E-state index contributed by atoms with van der Waals surface area (Å²) in [4.78, 5) is 15.5. The molecule has 1 aromatic carbocycles. The van der Waals surface area contributed by atoms with E-state index in [0.29, 0.717) is 31.0 Å². The van der Waals surface area contributed by atoms with E-state index in [0.717, 1.165) is 49.6 Å². The number of carbonyl (C=O) groups excluding carboxylic acids is 1. The van der Waals surface area contributed by atoms with Gasteiger partial charge in [-0.3, -0.25) is 20.4 Å². The van der Waals surface area contributed by atoms with Gasteiger partial charge in [0.15, 0.2) is 11.6 Å². The topological polar surface area (TPSA) is 76.7 Å². The molecular weight excluding hydrogens is 426 g/mol. The maximum Gasteiger partial charge on any atom is 0.228 e. The zero-order chi connectivity index (χ0) is 22.9. The summed E-state index contributed by atoms with van der Waals surface area (Å²) in [6.07, 6.45) is 6.93. The molecule has 0 spiro atoms. The Hall–Kier alpha value is -3.33. The average molecular weight is 453 g/mol. The van der Waals surface area contributed by atoms with Crippen LogP contribution in [0, 0.1) is 23.0 Å². The zero-order valence-corrected chi connectivity index (χ0v) is 18.2. The molecule has 2 aromatic heterocycles. The lowest BCUT2D eigenvalue weighted by atomic mass is 9.90. The maximum atomic E-state index is 14.0. The number of fused-ring (bicyclic) bond motifs is 1. The highest BCUT2D eigenvalue weighted by molar-refractivity contribution is 6.08. The molecule has 4 heterocycles. The third kappa shape index (κ3) is 4.45. The number of aromatic nitrogens is 2. The lowest BCUT2D eigenvalue weighted by Crippen LogP contribution is -2.50. The van der Waals surface area contributed by atoms with Crippen LogP contribution in [0.2, 0.25) is 0 Å². The fourth-order valence-electron chi connectivity index (χ4n) is 4.77. The molecular formula is C24H26F2N6O. The van der Waals surface area contributed by atoms with E-state index in [9.17, 15) is 13.6 Å². The first-order valence-electron chi connectivity index (χ1n) is 11.3. The molecule has 1 amide bonds. The van der Waals surface area contributed by atoms with Gasteiger partial charge in [-0.05, 0) is 62.0 Å². The number of pyridine rings is 1. The molecule has 7 nitrogen and oxygen atoms in total. The average Bonchev–Trinajstić information content (AvgIpc) is 3.21. The molecule has 2 fully saturated rings. The first-order valence-corrected chi connectivity index (χ1v) is 11.3. The SMILES string of the molecule is N=C1NC(=O)CCN1c1cnn2ccc(CC3CCN(Cc4cccc(F)c4F)CC3)cc12. The van der Waals surface area contributed by atoms with Crippen LogP contribution >= 0.6 is 0 Å². The minimum Gasteiger partial charge on any atom is -0.309 e. The molecule has 9 heteroatoms. The molecule has 5 rings (SSSR count). The van der Waals surface area contributed by atoms with Gasteiger partial charge in [-0.15, -0.1) is 0 Å². The van der Waals surface area contributed by atoms with Crippen molar-refractivity contribution in [3.63, 3.8) is 0 Å². The lowest BCUT2D eigenvalue weighted by molar-refractivity contribution is -0.119.